The molecule has 108 valence electrons. The third kappa shape index (κ3) is 4.79. The molecular weight excluding hydrogens is 280 g/mol. The topological polar surface area (TPSA) is 41.1 Å². The van der Waals surface area contributed by atoms with Crippen LogP contribution in [0.2, 0.25) is 0 Å². The van der Waals surface area contributed by atoms with Gasteiger partial charge in [0.15, 0.2) is 0 Å². The van der Waals surface area contributed by atoms with Crippen molar-refractivity contribution in [2.24, 2.45) is 5.41 Å². The van der Waals surface area contributed by atoms with Gasteiger partial charge in [-0.2, -0.15) is 0 Å². The molecule has 0 aliphatic carbocycles. The van der Waals surface area contributed by atoms with Crippen LogP contribution in [0.25, 0.3) is 0 Å². The lowest BCUT2D eigenvalue weighted by Crippen LogP contribution is -2.52. The van der Waals surface area contributed by atoms with E-state index in [0.29, 0.717) is 12.5 Å². The number of hydrogen-bond acceptors (Lipinski definition) is 3. The van der Waals surface area contributed by atoms with Crippen molar-refractivity contribution in [1.82, 2.24) is 10.6 Å². The Kier molecular flexibility index (Phi) is 6.30. The second kappa shape index (κ2) is 7.27. The van der Waals surface area contributed by atoms with E-state index in [2.05, 4.69) is 24.5 Å². The van der Waals surface area contributed by atoms with Gasteiger partial charge in [-0.3, -0.25) is 4.79 Å². The Morgan fingerprint density at radius 2 is 2.37 bits per heavy atom. The van der Waals surface area contributed by atoms with Crippen molar-refractivity contribution in [2.45, 2.75) is 39.2 Å². The van der Waals surface area contributed by atoms with E-state index in [0.717, 1.165) is 18.0 Å². The van der Waals surface area contributed by atoms with Crippen molar-refractivity contribution >= 4 is 29.7 Å². The number of halogens is 1. The molecule has 1 saturated heterocycles. The van der Waals surface area contributed by atoms with Gasteiger partial charge in [0.05, 0.1) is 6.42 Å². The summed E-state index contributed by atoms with van der Waals surface area (Å²) in [7, 11) is 0. The quantitative estimate of drug-likeness (QED) is 0.897. The average Bonchev–Trinajstić information content (AvgIpc) is 2.80. The third-order valence-corrected chi connectivity index (χ3v) is 4.63. The number of carbonyl (C=O) groups is 1. The molecule has 0 saturated carbocycles. The highest BCUT2D eigenvalue weighted by Gasteiger charge is 2.31. The zero-order chi connectivity index (χ0) is 13.0. The van der Waals surface area contributed by atoms with Gasteiger partial charge >= 0.3 is 0 Å². The molecule has 0 bridgehead atoms. The molecule has 1 amide bonds. The van der Waals surface area contributed by atoms with E-state index in [4.69, 9.17) is 0 Å². The normalized spacial score (nSPS) is 21.5. The predicted octanol–water partition coefficient (Wildman–Crippen LogP) is 2.61. The minimum absolute atomic E-state index is 0. The standard InChI is InChI=1S/C14H22N2OS.ClH/c1-14(2)6-4-7-15-12(14)10-16-13(17)9-11-5-3-8-18-11;/h3,5,8,12,15H,4,6-7,9-10H2,1-2H3,(H,16,17);1H. The number of piperidine rings is 1. The van der Waals surface area contributed by atoms with Gasteiger partial charge in [0, 0.05) is 17.5 Å². The van der Waals surface area contributed by atoms with Crippen molar-refractivity contribution in [3.05, 3.63) is 22.4 Å². The Hall–Kier alpha value is -0.580. The van der Waals surface area contributed by atoms with Crippen molar-refractivity contribution in [3.63, 3.8) is 0 Å². The summed E-state index contributed by atoms with van der Waals surface area (Å²) < 4.78 is 0. The first-order chi connectivity index (χ1) is 8.58. The highest BCUT2D eigenvalue weighted by Crippen LogP contribution is 2.29. The molecule has 5 heteroatoms. The van der Waals surface area contributed by atoms with Crippen molar-refractivity contribution in [3.8, 4) is 0 Å². The molecule has 1 aromatic heterocycles. The maximum atomic E-state index is 11.8. The first-order valence-corrected chi connectivity index (χ1v) is 7.48. The Morgan fingerprint density at radius 3 is 3.00 bits per heavy atom. The SMILES string of the molecule is CC1(C)CCCNC1CNC(=O)Cc1cccs1.Cl. The lowest BCUT2D eigenvalue weighted by molar-refractivity contribution is -0.120. The Balaban J connectivity index is 0.00000180. The summed E-state index contributed by atoms with van der Waals surface area (Å²) in [5, 5.41) is 8.57. The van der Waals surface area contributed by atoms with Gasteiger partial charge in [-0.05, 0) is 36.2 Å². The molecular formula is C14H23ClN2OS. The zero-order valence-electron chi connectivity index (χ0n) is 11.6. The highest BCUT2D eigenvalue weighted by atomic mass is 35.5. The van der Waals surface area contributed by atoms with Gasteiger partial charge in [0.25, 0.3) is 0 Å². The molecule has 2 N–H and O–H groups in total. The smallest absolute Gasteiger partial charge is 0.225 e. The molecule has 2 rings (SSSR count). The summed E-state index contributed by atoms with van der Waals surface area (Å²) in [5.74, 6) is 0.126. The van der Waals surface area contributed by atoms with Crippen LogP contribution in [0.1, 0.15) is 31.6 Å². The van der Waals surface area contributed by atoms with Crippen LogP contribution in [-0.4, -0.2) is 25.0 Å². The van der Waals surface area contributed by atoms with Crippen molar-refractivity contribution in [2.75, 3.05) is 13.1 Å². The van der Waals surface area contributed by atoms with Crippen molar-refractivity contribution < 1.29 is 4.79 Å². The Morgan fingerprint density at radius 1 is 1.58 bits per heavy atom. The fourth-order valence-corrected chi connectivity index (χ4v) is 3.17. The molecule has 3 nitrogen and oxygen atoms in total. The number of nitrogens with one attached hydrogen (secondary N) is 2. The molecule has 1 fully saturated rings. The molecule has 1 aliphatic heterocycles. The van der Waals surface area contributed by atoms with E-state index in [-0.39, 0.29) is 23.7 Å². The van der Waals surface area contributed by atoms with Crippen LogP contribution in [-0.2, 0) is 11.2 Å². The molecule has 0 radical (unpaired) electrons. The van der Waals surface area contributed by atoms with Crippen LogP contribution in [0.15, 0.2) is 17.5 Å². The van der Waals surface area contributed by atoms with Gasteiger partial charge in [0.1, 0.15) is 0 Å². The van der Waals surface area contributed by atoms with Gasteiger partial charge in [-0.25, -0.2) is 0 Å². The van der Waals surface area contributed by atoms with Gasteiger partial charge < -0.3 is 10.6 Å². The van der Waals surface area contributed by atoms with Crippen molar-refractivity contribution in [1.29, 1.82) is 0 Å². The van der Waals surface area contributed by atoms with E-state index >= 15 is 0 Å². The monoisotopic (exact) mass is 302 g/mol. The minimum Gasteiger partial charge on any atom is -0.354 e. The lowest BCUT2D eigenvalue weighted by atomic mass is 9.77. The molecule has 1 unspecified atom stereocenters. The molecule has 1 aromatic rings. The van der Waals surface area contributed by atoms with E-state index in [1.165, 1.54) is 12.8 Å². The van der Waals surface area contributed by atoms with E-state index in [9.17, 15) is 4.79 Å². The summed E-state index contributed by atoms with van der Waals surface area (Å²) in [6.07, 6.45) is 2.96. The molecule has 1 atom stereocenters. The lowest BCUT2D eigenvalue weighted by Gasteiger charge is -2.39. The first-order valence-electron chi connectivity index (χ1n) is 6.60. The summed E-state index contributed by atoms with van der Waals surface area (Å²) >= 11 is 1.64. The van der Waals surface area contributed by atoms with Crippen LogP contribution >= 0.6 is 23.7 Å². The Labute approximate surface area is 125 Å². The predicted molar refractivity (Wildman–Crippen MR) is 83.1 cm³/mol. The van der Waals surface area contributed by atoms with Gasteiger partial charge in [0.2, 0.25) is 5.91 Å². The van der Waals surface area contributed by atoms with Crippen LogP contribution in [0.5, 0.6) is 0 Å². The zero-order valence-corrected chi connectivity index (χ0v) is 13.2. The number of amides is 1. The minimum atomic E-state index is 0. The maximum absolute atomic E-state index is 11.8. The largest absolute Gasteiger partial charge is 0.354 e. The molecule has 0 spiro atoms. The summed E-state index contributed by atoms with van der Waals surface area (Å²) in [4.78, 5) is 13.0. The number of thiophene rings is 1. The van der Waals surface area contributed by atoms with Crippen LogP contribution in [0.4, 0.5) is 0 Å². The fraction of sp³-hybridized carbons (Fsp3) is 0.643. The van der Waals surface area contributed by atoms with Crippen LogP contribution in [0, 0.1) is 5.41 Å². The second-order valence-corrected chi connectivity index (χ2v) is 6.69. The number of carbonyl (C=O) groups excluding carboxylic acids is 1. The second-order valence-electron chi connectivity index (χ2n) is 5.66. The highest BCUT2D eigenvalue weighted by molar-refractivity contribution is 7.10. The third-order valence-electron chi connectivity index (χ3n) is 3.75. The van der Waals surface area contributed by atoms with E-state index in [1.54, 1.807) is 11.3 Å². The number of rotatable bonds is 4. The summed E-state index contributed by atoms with van der Waals surface area (Å²) in [6, 6.07) is 4.38. The average molecular weight is 303 g/mol. The number of hydrogen-bond donors (Lipinski definition) is 2. The molecule has 0 aromatic carbocycles. The first kappa shape index (κ1) is 16.5. The van der Waals surface area contributed by atoms with Crippen LogP contribution in [0.3, 0.4) is 0 Å². The summed E-state index contributed by atoms with van der Waals surface area (Å²) in [5.41, 5.74) is 0.272. The molecule has 1 aliphatic rings. The van der Waals surface area contributed by atoms with Gasteiger partial charge in [-0.15, -0.1) is 23.7 Å². The molecule has 2 heterocycles. The fourth-order valence-electron chi connectivity index (χ4n) is 2.47. The maximum Gasteiger partial charge on any atom is 0.225 e. The van der Waals surface area contributed by atoms with E-state index in [1.807, 2.05) is 17.5 Å². The summed E-state index contributed by atoms with van der Waals surface area (Å²) in [6.45, 7) is 6.34. The van der Waals surface area contributed by atoms with E-state index < -0.39 is 0 Å². The Bertz CT molecular complexity index is 392. The van der Waals surface area contributed by atoms with Crippen LogP contribution < -0.4 is 10.6 Å². The molecule has 19 heavy (non-hydrogen) atoms. The van der Waals surface area contributed by atoms with Gasteiger partial charge in [-0.1, -0.05) is 19.9 Å².